The molecule has 0 radical (unpaired) electrons. The molecule has 0 bridgehead atoms. The lowest BCUT2D eigenvalue weighted by Crippen LogP contribution is -2.54. The summed E-state index contributed by atoms with van der Waals surface area (Å²) in [7, 11) is 2.25. The fraction of sp³-hybridized carbons (Fsp3) is 0.511. The summed E-state index contributed by atoms with van der Waals surface area (Å²) in [5, 5.41) is 25.1. The van der Waals surface area contributed by atoms with Crippen LogP contribution in [0.15, 0.2) is 54.7 Å². The number of carbonyl (C=O) groups is 5. The number of aromatic nitrogens is 3. The lowest BCUT2D eigenvalue weighted by atomic mass is 9.57. The molecule has 2 aromatic carbocycles. The molecule has 2 aromatic heterocycles. The maximum absolute atomic E-state index is 13.3. The molecule has 5 amide bonds. The van der Waals surface area contributed by atoms with Crippen LogP contribution in [0.2, 0.25) is 0 Å². The van der Waals surface area contributed by atoms with E-state index in [0.717, 1.165) is 86.0 Å². The molecule has 5 aliphatic rings. The third-order valence-corrected chi connectivity index (χ3v) is 14.4. The number of piperidine rings is 1. The lowest BCUT2D eigenvalue weighted by molar-refractivity contribution is -0.141. The zero-order valence-corrected chi connectivity index (χ0v) is 36.1. The van der Waals surface area contributed by atoms with E-state index in [0.29, 0.717) is 28.5 Å². The highest BCUT2D eigenvalue weighted by atomic mass is 19.4. The highest BCUT2D eigenvalue weighted by Gasteiger charge is 2.48. The van der Waals surface area contributed by atoms with Gasteiger partial charge in [-0.15, -0.1) is 0 Å². The maximum atomic E-state index is 13.3. The van der Waals surface area contributed by atoms with Gasteiger partial charge in [-0.05, 0) is 145 Å². The largest absolute Gasteiger partial charge is 0.433 e. The van der Waals surface area contributed by atoms with E-state index in [1.54, 1.807) is 38.1 Å². The van der Waals surface area contributed by atoms with Crippen molar-refractivity contribution in [2.75, 3.05) is 24.2 Å². The Morgan fingerprint density at radius 3 is 2.34 bits per heavy atom. The number of hydrogen-bond donors (Lipinski definition) is 4. The Kier molecular flexibility index (Phi) is 11.2. The Labute approximate surface area is 368 Å². The van der Waals surface area contributed by atoms with Crippen molar-refractivity contribution in [1.29, 1.82) is 0 Å². The van der Waals surface area contributed by atoms with Crippen LogP contribution < -0.4 is 16.0 Å². The van der Waals surface area contributed by atoms with Crippen molar-refractivity contribution in [2.24, 2.45) is 11.3 Å². The average molecular weight is 883 g/mol. The first kappa shape index (κ1) is 43.6. The first-order valence-electron chi connectivity index (χ1n) is 22.3. The minimum absolute atomic E-state index is 0.0795. The van der Waals surface area contributed by atoms with Gasteiger partial charge in [0.25, 0.3) is 17.7 Å². The van der Waals surface area contributed by atoms with Gasteiger partial charge in [0.05, 0.1) is 28.3 Å². The molecule has 3 aliphatic carbocycles. The fourth-order valence-electron chi connectivity index (χ4n) is 10.9. The number of rotatable bonds is 10. The molecule has 1 unspecified atom stereocenters. The van der Waals surface area contributed by atoms with Gasteiger partial charge in [-0.1, -0.05) is 6.07 Å². The molecular formula is C47H53F3N8O6. The van der Waals surface area contributed by atoms with Crippen molar-refractivity contribution in [2.45, 2.75) is 127 Å². The molecule has 1 atom stereocenters. The highest BCUT2D eigenvalue weighted by Crippen LogP contribution is 2.53. The summed E-state index contributed by atoms with van der Waals surface area (Å²) in [4.78, 5) is 70.6. The van der Waals surface area contributed by atoms with Crippen molar-refractivity contribution < 1.29 is 42.3 Å². The van der Waals surface area contributed by atoms with Gasteiger partial charge >= 0.3 is 6.18 Å². The first-order valence-corrected chi connectivity index (χ1v) is 22.3. The number of halogens is 3. The van der Waals surface area contributed by atoms with Crippen molar-refractivity contribution >= 4 is 51.8 Å². The Morgan fingerprint density at radius 1 is 0.938 bits per heavy atom. The second-order valence-corrected chi connectivity index (χ2v) is 19.3. The zero-order chi connectivity index (χ0) is 45.3. The number of aliphatic hydroxyl groups is 1. The molecule has 2 aliphatic heterocycles. The predicted molar refractivity (Wildman–Crippen MR) is 230 cm³/mol. The zero-order valence-electron chi connectivity index (χ0n) is 36.1. The molecule has 9 rings (SSSR count). The van der Waals surface area contributed by atoms with Gasteiger partial charge < -0.3 is 20.6 Å². The van der Waals surface area contributed by atoms with Gasteiger partial charge in [-0.25, -0.2) is 4.98 Å². The van der Waals surface area contributed by atoms with Crippen LogP contribution in [0.1, 0.15) is 139 Å². The number of carbonyl (C=O) groups excluding carboxylic acids is 5. The number of benzene rings is 2. The van der Waals surface area contributed by atoms with E-state index in [9.17, 15) is 42.3 Å². The van der Waals surface area contributed by atoms with Gasteiger partial charge in [0.1, 0.15) is 17.4 Å². The van der Waals surface area contributed by atoms with E-state index < -0.39 is 53.0 Å². The average Bonchev–Trinajstić information content (AvgIpc) is 3.76. The summed E-state index contributed by atoms with van der Waals surface area (Å²) in [6.07, 6.45) is 8.22. The Morgan fingerprint density at radius 2 is 1.66 bits per heavy atom. The molecule has 338 valence electrons. The molecule has 4 fully saturated rings. The summed E-state index contributed by atoms with van der Waals surface area (Å²) >= 11 is 0. The van der Waals surface area contributed by atoms with Crippen LogP contribution in [0.4, 0.5) is 24.5 Å². The number of hydrogen-bond acceptors (Lipinski definition) is 10. The van der Waals surface area contributed by atoms with Crippen LogP contribution in [-0.2, 0) is 21.4 Å². The molecule has 1 saturated heterocycles. The molecule has 4 heterocycles. The quantitative estimate of drug-likeness (QED) is 0.119. The van der Waals surface area contributed by atoms with Gasteiger partial charge in [0.2, 0.25) is 11.8 Å². The van der Waals surface area contributed by atoms with Gasteiger partial charge in [-0.3, -0.25) is 38.9 Å². The molecular weight excluding hydrogens is 830 g/mol. The molecule has 17 heteroatoms. The number of alkyl halides is 3. The van der Waals surface area contributed by atoms with E-state index in [2.05, 4.69) is 32.9 Å². The van der Waals surface area contributed by atoms with Gasteiger partial charge in [0.15, 0.2) is 0 Å². The normalized spacial score (nSPS) is 26.3. The molecule has 4 aromatic rings. The van der Waals surface area contributed by atoms with Crippen LogP contribution in [0.5, 0.6) is 0 Å². The van der Waals surface area contributed by atoms with Crippen molar-refractivity contribution in [3.05, 3.63) is 82.8 Å². The molecule has 1 spiro atoms. The van der Waals surface area contributed by atoms with Crippen LogP contribution in [0.3, 0.4) is 0 Å². The van der Waals surface area contributed by atoms with Gasteiger partial charge in [0, 0.05) is 53.6 Å². The number of pyridine rings is 1. The van der Waals surface area contributed by atoms with Crippen LogP contribution >= 0.6 is 0 Å². The number of nitrogens with zero attached hydrogens (tertiary/aromatic N) is 5. The van der Waals surface area contributed by atoms with E-state index >= 15 is 0 Å². The number of anilines is 2. The Balaban J connectivity index is 0.747. The second kappa shape index (κ2) is 16.4. The minimum Gasteiger partial charge on any atom is -0.386 e. The Bertz CT molecular complexity index is 2530. The van der Waals surface area contributed by atoms with Crippen LogP contribution in [-0.4, -0.2) is 90.9 Å². The van der Waals surface area contributed by atoms with Crippen molar-refractivity contribution in [3.8, 4) is 0 Å². The Hall–Kier alpha value is -5.68. The van der Waals surface area contributed by atoms with E-state index in [4.69, 9.17) is 5.10 Å². The monoisotopic (exact) mass is 882 g/mol. The highest BCUT2D eigenvalue weighted by molar-refractivity contribution is 6.23. The van der Waals surface area contributed by atoms with E-state index in [1.165, 1.54) is 18.9 Å². The second-order valence-electron chi connectivity index (χ2n) is 19.3. The summed E-state index contributed by atoms with van der Waals surface area (Å²) in [6.45, 7) is 4.19. The number of fused-ring (bicyclic) bond motifs is 2. The first-order chi connectivity index (χ1) is 30.3. The van der Waals surface area contributed by atoms with Gasteiger partial charge in [-0.2, -0.15) is 18.3 Å². The molecule has 14 nitrogen and oxygen atoms in total. The van der Waals surface area contributed by atoms with Crippen LogP contribution in [0.25, 0.3) is 10.9 Å². The fourth-order valence-corrected chi connectivity index (χ4v) is 10.9. The standard InChI is InChI=1S/C47H53F3N8O6/c1-45(2,64)34-21-36-27(19-37(34)53-41(60)35-5-4-6-39(52-35)47(48,49)50)25-57(55-36)31-10-7-26(8-11-31)24-56(3)30-15-17-46(18-16-30)22-29(23-46)51-28-9-12-32-33(20-28)44(63)58(43(32)62)38-13-14-40(59)54-42(38)61/h4-6,9,12,19-21,25-26,29-31,38,51,64H,7-8,10-11,13-18,22-24H2,1-3H3,(H,53,60)(H,54,59,61). The lowest BCUT2D eigenvalue weighted by Gasteiger charge is -2.53. The maximum Gasteiger partial charge on any atom is 0.433 e. The topological polar surface area (TPSA) is 179 Å². The third kappa shape index (κ3) is 8.51. The summed E-state index contributed by atoms with van der Waals surface area (Å²) in [5.41, 5.74) is 0.0172. The SMILES string of the molecule is CN(CC1CCC(n2cc3cc(NC(=O)c4cccc(C(F)(F)F)n4)c(C(C)(C)O)cc3n2)CC1)C1CCC2(CC1)CC(Nc1ccc3c(c1)C(=O)N(C1CCC(=O)NC1=O)C3=O)C2. The van der Waals surface area contributed by atoms with E-state index in [1.807, 2.05) is 16.9 Å². The number of imide groups is 2. The van der Waals surface area contributed by atoms with Crippen LogP contribution in [0, 0.1) is 11.3 Å². The molecule has 3 saturated carbocycles. The number of amides is 5. The molecule has 64 heavy (non-hydrogen) atoms. The minimum atomic E-state index is -4.70. The third-order valence-electron chi connectivity index (χ3n) is 14.4. The predicted octanol–water partition coefficient (Wildman–Crippen LogP) is 7.20. The van der Waals surface area contributed by atoms with Crippen molar-refractivity contribution in [3.63, 3.8) is 0 Å². The van der Waals surface area contributed by atoms with Crippen molar-refractivity contribution in [1.82, 2.24) is 29.9 Å². The molecule has 4 N–H and O–H groups in total. The van der Waals surface area contributed by atoms with E-state index in [-0.39, 0.29) is 47.4 Å². The number of nitrogens with one attached hydrogen (secondary N) is 3. The smallest absolute Gasteiger partial charge is 0.386 e. The summed E-state index contributed by atoms with van der Waals surface area (Å²) in [5.74, 6) is -2.28. The summed E-state index contributed by atoms with van der Waals surface area (Å²) in [6, 6.07) is 11.8. The summed E-state index contributed by atoms with van der Waals surface area (Å²) < 4.78 is 41.8.